The summed E-state index contributed by atoms with van der Waals surface area (Å²) in [7, 11) is 0. The fourth-order valence-corrected chi connectivity index (χ4v) is 3.70. The number of anilines is 1. The summed E-state index contributed by atoms with van der Waals surface area (Å²) in [5.41, 5.74) is 3.04. The van der Waals surface area contributed by atoms with Gasteiger partial charge in [-0.1, -0.05) is 12.1 Å². The van der Waals surface area contributed by atoms with E-state index in [1.807, 2.05) is 37.3 Å². The van der Waals surface area contributed by atoms with Crippen molar-refractivity contribution >= 4 is 45.0 Å². The normalized spacial score (nSPS) is 12.0. The molecule has 0 saturated heterocycles. The molecule has 7 heteroatoms. The Morgan fingerprint density at radius 3 is 2.69 bits per heavy atom. The first-order valence-corrected chi connectivity index (χ1v) is 9.83. The number of carboxylic acids is 1. The molecule has 0 aliphatic heterocycles. The number of carboxylic acid groups (broad SMARTS) is 1. The van der Waals surface area contributed by atoms with Gasteiger partial charge in [-0.25, -0.2) is 14.2 Å². The molecule has 0 radical (unpaired) electrons. The molecule has 1 atom stereocenters. The molecule has 1 aromatic heterocycles. The summed E-state index contributed by atoms with van der Waals surface area (Å²) in [6.45, 7) is 1.82. The molecule has 3 aromatic rings. The second-order valence-electron chi connectivity index (χ2n) is 5.92. The van der Waals surface area contributed by atoms with Crippen LogP contribution in [-0.4, -0.2) is 22.1 Å². The lowest BCUT2D eigenvalue weighted by atomic mass is 10.1. The van der Waals surface area contributed by atoms with Crippen LogP contribution < -0.4 is 5.32 Å². The van der Waals surface area contributed by atoms with Gasteiger partial charge in [0.1, 0.15) is 11.9 Å². The number of thiazole rings is 1. The number of halogens is 2. The fraction of sp³-hybridized carbons (Fsp3) is 0.158. The van der Waals surface area contributed by atoms with Gasteiger partial charge >= 0.3 is 5.97 Å². The summed E-state index contributed by atoms with van der Waals surface area (Å²) in [4.78, 5) is 16.0. The molecule has 0 aliphatic rings. The predicted molar refractivity (Wildman–Crippen MR) is 110 cm³/mol. The smallest absolute Gasteiger partial charge is 0.326 e. The van der Waals surface area contributed by atoms with Gasteiger partial charge in [0.05, 0.1) is 5.69 Å². The largest absolute Gasteiger partial charge is 0.480 e. The van der Waals surface area contributed by atoms with Crippen LogP contribution in [0.1, 0.15) is 11.1 Å². The van der Waals surface area contributed by atoms with Crippen molar-refractivity contribution in [2.45, 2.75) is 19.4 Å². The van der Waals surface area contributed by atoms with Crippen molar-refractivity contribution in [2.24, 2.45) is 0 Å². The number of nitrogens with one attached hydrogen (secondary N) is 1. The molecule has 0 spiro atoms. The third kappa shape index (κ3) is 4.79. The molecule has 0 aliphatic carbocycles. The van der Waals surface area contributed by atoms with Crippen molar-refractivity contribution in [3.63, 3.8) is 0 Å². The molecule has 0 amide bonds. The van der Waals surface area contributed by atoms with Crippen LogP contribution in [0.5, 0.6) is 0 Å². The highest BCUT2D eigenvalue weighted by atomic mass is 127. The lowest BCUT2D eigenvalue weighted by Gasteiger charge is -2.13. The average molecular weight is 482 g/mol. The van der Waals surface area contributed by atoms with Crippen LogP contribution in [0, 0.1) is 16.3 Å². The number of hydrogen-bond acceptors (Lipinski definition) is 4. The lowest BCUT2D eigenvalue weighted by Crippen LogP contribution is -2.31. The van der Waals surface area contributed by atoms with E-state index in [1.165, 1.54) is 23.5 Å². The number of rotatable bonds is 6. The first kappa shape index (κ1) is 18.8. The van der Waals surface area contributed by atoms with Crippen molar-refractivity contribution in [3.8, 4) is 11.3 Å². The van der Waals surface area contributed by atoms with Gasteiger partial charge < -0.3 is 10.4 Å². The fourth-order valence-electron chi connectivity index (χ4n) is 2.56. The number of aromatic nitrogens is 1. The van der Waals surface area contributed by atoms with Crippen LogP contribution in [0.15, 0.2) is 47.8 Å². The molecule has 26 heavy (non-hydrogen) atoms. The SMILES string of the molecule is Cc1cc(F)cc(-c2csc(NC(Cc3ccc(I)cc3)C(=O)O)n2)c1. The Labute approximate surface area is 168 Å². The second-order valence-corrected chi connectivity index (χ2v) is 8.02. The quantitative estimate of drug-likeness (QED) is 0.488. The van der Waals surface area contributed by atoms with Gasteiger partial charge in [-0.3, -0.25) is 0 Å². The van der Waals surface area contributed by atoms with Crippen molar-refractivity contribution < 1.29 is 14.3 Å². The Bertz CT molecular complexity index is 907. The summed E-state index contributed by atoms with van der Waals surface area (Å²) < 4.78 is 14.7. The predicted octanol–water partition coefficient (Wildman–Crippen LogP) is 4.97. The van der Waals surface area contributed by atoms with Crippen LogP contribution in [-0.2, 0) is 11.2 Å². The zero-order chi connectivity index (χ0) is 18.7. The summed E-state index contributed by atoms with van der Waals surface area (Å²) >= 11 is 3.51. The van der Waals surface area contributed by atoms with E-state index in [1.54, 1.807) is 5.38 Å². The van der Waals surface area contributed by atoms with Crippen molar-refractivity contribution in [3.05, 3.63) is 68.4 Å². The summed E-state index contributed by atoms with van der Waals surface area (Å²) in [6.07, 6.45) is 0.347. The van der Waals surface area contributed by atoms with E-state index in [0.717, 1.165) is 14.7 Å². The van der Waals surface area contributed by atoms with E-state index >= 15 is 0 Å². The second kappa shape index (κ2) is 8.13. The topological polar surface area (TPSA) is 62.2 Å². The zero-order valence-electron chi connectivity index (χ0n) is 13.9. The van der Waals surface area contributed by atoms with E-state index in [9.17, 15) is 14.3 Å². The van der Waals surface area contributed by atoms with Gasteiger partial charge in [0.15, 0.2) is 5.13 Å². The van der Waals surface area contributed by atoms with E-state index in [4.69, 9.17) is 0 Å². The molecule has 0 bridgehead atoms. The molecule has 3 rings (SSSR count). The van der Waals surface area contributed by atoms with Crippen LogP contribution in [0.3, 0.4) is 0 Å². The monoisotopic (exact) mass is 482 g/mol. The lowest BCUT2D eigenvalue weighted by molar-refractivity contribution is -0.137. The minimum absolute atomic E-state index is 0.315. The van der Waals surface area contributed by atoms with Crippen LogP contribution in [0.4, 0.5) is 9.52 Å². The highest BCUT2D eigenvalue weighted by Crippen LogP contribution is 2.27. The summed E-state index contributed by atoms with van der Waals surface area (Å²) in [5, 5.41) is 14.8. The Balaban J connectivity index is 1.76. The maximum Gasteiger partial charge on any atom is 0.326 e. The Morgan fingerprint density at radius 2 is 2.04 bits per heavy atom. The van der Waals surface area contributed by atoms with Crippen molar-refractivity contribution in [2.75, 3.05) is 5.32 Å². The van der Waals surface area contributed by atoms with Gasteiger partial charge in [0.25, 0.3) is 0 Å². The van der Waals surface area contributed by atoms with Crippen LogP contribution in [0.2, 0.25) is 0 Å². The molecule has 0 saturated carbocycles. The third-order valence-corrected chi connectivity index (χ3v) is 5.28. The van der Waals surface area contributed by atoms with Gasteiger partial charge in [0, 0.05) is 20.9 Å². The minimum atomic E-state index is -0.943. The molecular weight excluding hydrogens is 466 g/mol. The third-order valence-electron chi connectivity index (χ3n) is 3.79. The Kier molecular flexibility index (Phi) is 5.87. The average Bonchev–Trinajstić information content (AvgIpc) is 3.04. The van der Waals surface area contributed by atoms with Crippen LogP contribution >= 0.6 is 33.9 Å². The van der Waals surface area contributed by atoms with Gasteiger partial charge in [0.2, 0.25) is 0 Å². The summed E-state index contributed by atoms with van der Waals surface area (Å²) in [5.74, 6) is -1.26. The molecule has 0 fully saturated rings. The van der Waals surface area contributed by atoms with E-state index < -0.39 is 12.0 Å². The van der Waals surface area contributed by atoms with E-state index in [-0.39, 0.29) is 5.82 Å². The Morgan fingerprint density at radius 1 is 1.31 bits per heavy atom. The maximum atomic E-state index is 13.6. The standard InChI is InChI=1S/C19H16FIN2O2S/c1-11-6-13(9-14(20)7-11)17-10-26-19(23-17)22-16(18(24)25)8-12-2-4-15(21)5-3-12/h2-7,9-10,16H,8H2,1H3,(H,22,23)(H,24,25). The number of nitrogens with zero attached hydrogens (tertiary/aromatic N) is 1. The number of benzene rings is 2. The molecular formula is C19H16FIN2O2S. The van der Waals surface area contributed by atoms with Gasteiger partial charge in [-0.2, -0.15) is 0 Å². The molecule has 2 N–H and O–H groups in total. The molecule has 1 heterocycles. The highest BCUT2D eigenvalue weighted by molar-refractivity contribution is 14.1. The first-order chi connectivity index (χ1) is 12.4. The molecule has 2 aromatic carbocycles. The molecule has 134 valence electrons. The van der Waals surface area contributed by atoms with Gasteiger partial charge in [-0.15, -0.1) is 11.3 Å². The van der Waals surface area contributed by atoms with E-state index in [2.05, 4.69) is 32.9 Å². The van der Waals surface area contributed by atoms with Crippen molar-refractivity contribution in [1.29, 1.82) is 0 Å². The van der Waals surface area contributed by atoms with Crippen molar-refractivity contribution in [1.82, 2.24) is 4.98 Å². The first-order valence-electron chi connectivity index (χ1n) is 7.87. The molecule has 1 unspecified atom stereocenters. The van der Waals surface area contributed by atoms with Crippen LogP contribution in [0.25, 0.3) is 11.3 Å². The Hall–Kier alpha value is -2.00. The molecule has 4 nitrogen and oxygen atoms in total. The van der Waals surface area contributed by atoms with E-state index in [0.29, 0.717) is 22.8 Å². The maximum absolute atomic E-state index is 13.6. The number of carbonyl (C=O) groups is 1. The number of aryl methyl sites for hydroxylation is 1. The van der Waals surface area contributed by atoms with Gasteiger partial charge in [-0.05, 0) is 71.0 Å². The summed E-state index contributed by atoms with van der Waals surface area (Å²) in [6, 6.07) is 11.7. The highest BCUT2D eigenvalue weighted by Gasteiger charge is 2.19. The minimum Gasteiger partial charge on any atom is -0.480 e. The zero-order valence-corrected chi connectivity index (χ0v) is 16.8. The number of aliphatic carboxylic acids is 1. The number of hydrogen-bond donors (Lipinski definition) is 2.